The van der Waals surface area contributed by atoms with E-state index in [0.29, 0.717) is 6.54 Å². The lowest BCUT2D eigenvalue weighted by Gasteiger charge is -2.22. The Morgan fingerprint density at radius 3 is 2.39 bits per heavy atom. The van der Waals surface area contributed by atoms with Crippen LogP contribution in [0, 0.1) is 5.92 Å². The first kappa shape index (κ1) is 17.0. The summed E-state index contributed by atoms with van der Waals surface area (Å²) in [4.78, 5) is 16.0. The van der Waals surface area contributed by atoms with Gasteiger partial charge in [-0.1, -0.05) is 13.8 Å². The highest BCUT2D eigenvalue weighted by Gasteiger charge is 2.30. The lowest BCUT2D eigenvalue weighted by molar-refractivity contribution is -0.137. The average Bonchev–Trinajstić information content (AvgIpc) is 2.98. The zero-order valence-electron chi connectivity index (χ0n) is 12.7. The van der Waals surface area contributed by atoms with E-state index < -0.39 is 17.6 Å². The predicted molar refractivity (Wildman–Crippen MR) is 77.6 cm³/mol. The van der Waals surface area contributed by atoms with Gasteiger partial charge in [-0.2, -0.15) is 18.3 Å². The standard InChI is InChI=1S/C15H17F3N4O/c1-10(2)13(7-22-9-19-8-20-22)21-14(23)11-3-5-12(6-4-11)15(16,17)18/h3-6,8-10,13H,7H2,1-2H3,(H,21,23)/t13-/m1/s1. The van der Waals surface area contributed by atoms with Gasteiger partial charge in [-0.05, 0) is 30.2 Å². The molecule has 1 amide bonds. The van der Waals surface area contributed by atoms with Crippen molar-refractivity contribution in [3.05, 3.63) is 48.0 Å². The van der Waals surface area contributed by atoms with Crippen molar-refractivity contribution in [2.24, 2.45) is 5.92 Å². The van der Waals surface area contributed by atoms with E-state index in [1.165, 1.54) is 18.5 Å². The molecule has 0 aliphatic carbocycles. The number of benzene rings is 1. The van der Waals surface area contributed by atoms with E-state index in [1.807, 2.05) is 13.8 Å². The number of nitrogens with one attached hydrogen (secondary N) is 1. The van der Waals surface area contributed by atoms with Gasteiger partial charge in [-0.25, -0.2) is 4.98 Å². The molecule has 1 N–H and O–H groups in total. The number of hydrogen-bond acceptors (Lipinski definition) is 3. The van der Waals surface area contributed by atoms with Gasteiger partial charge in [0.15, 0.2) is 0 Å². The normalized spacial score (nSPS) is 13.1. The van der Waals surface area contributed by atoms with Crippen LogP contribution >= 0.6 is 0 Å². The van der Waals surface area contributed by atoms with Gasteiger partial charge in [0.25, 0.3) is 5.91 Å². The third kappa shape index (κ3) is 4.54. The molecular formula is C15H17F3N4O. The predicted octanol–water partition coefficient (Wildman–Crippen LogP) is 2.75. The topological polar surface area (TPSA) is 59.8 Å². The average molecular weight is 326 g/mol. The smallest absolute Gasteiger partial charge is 0.347 e. The third-order valence-corrected chi connectivity index (χ3v) is 3.45. The van der Waals surface area contributed by atoms with Crippen LogP contribution < -0.4 is 5.32 Å². The van der Waals surface area contributed by atoms with Crippen LogP contribution in [0.2, 0.25) is 0 Å². The van der Waals surface area contributed by atoms with Crippen molar-refractivity contribution in [1.29, 1.82) is 0 Å². The van der Waals surface area contributed by atoms with E-state index >= 15 is 0 Å². The van der Waals surface area contributed by atoms with Crippen LogP contribution in [0.5, 0.6) is 0 Å². The molecule has 1 atom stereocenters. The van der Waals surface area contributed by atoms with Gasteiger partial charge < -0.3 is 5.32 Å². The van der Waals surface area contributed by atoms with Gasteiger partial charge in [-0.15, -0.1) is 0 Å². The zero-order valence-corrected chi connectivity index (χ0v) is 12.7. The quantitative estimate of drug-likeness (QED) is 0.919. The SMILES string of the molecule is CC(C)[C@@H](Cn1cncn1)NC(=O)c1ccc(C(F)(F)F)cc1. The highest BCUT2D eigenvalue weighted by Crippen LogP contribution is 2.29. The summed E-state index contributed by atoms with van der Waals surface area (Å²) >= 11 is 0. The summed E-state index contributed by atoms with van der Waals surface area (Å²) < 4.78 is 39.2. The molecule has 0 aliphatic heterocycles. The van der Waals surface area contributed by atoms with E-state index in [4.69, 9.17) is 0 Å². The Kier molecular flexibility index (Phi) is 5.02. The first-order valence-corrected chi connectivity index (χ1v) is 7.08. The number of nitrogens with zero attached hydrogens (tertiary/aromatic N) is 3. The molecule has 0 spiro atoms. The summed E-state index contributed by atoms with van der Waals surface area (Å²) in [6.45, 7) is 4.31. The molecule has 0 radical (unpaired) electrons. The molecule has 0 saturated heterocycles. The Morgan fingerprint density at radius 2 is 1.91 bits per heavy atom. The van der Waals surface area contributed by atoms with Crippen LogP contribution in [0.4, 0.5) is 13.2 Å². The Bertz CT molecular complexity index is 636. The van der Waals surface area contributed by atoms with E-state index in [9.17, 15) is 18.0 Å². The molecule has 1 aromatic heterocycles. The van der Waals surface area contributed by atoms with Crippen molar-refractivity contribution >= 4 is 5.91 Å². The van der Waals surface area contributed by atoms with Crippen molar-refractivity contribution < 1.29 is 18.0 Å². The van der Waals surface area contributed by atoms with Crippen LogP contribution in [0.3, 0.4) is 0 Å². The molecule has 124 valence electrons. The Balaban J connectivity index is 2.06. The first-order chi connectivity index (χ1) is 10.8. The summed E-state index contributed by atoms with van der Waals surface area (Å²) in [5.74, 6) is -0.296. The summed E-state index contributed by atoms with van der Waals surface area (Å²) in [6, 6.07) is 3.93. The highest BCUT2D eigenvalue weighted by molar-refractivity contribution is 5.94. The molecular weight excluding hydrogens is 309 g/mol. The maximum absolute atomic E-state index is 12.5. The molecule has 0 saturated carbocycles. The van der Waals surface area contributed by atoms with E-state index in [1.54, 1.807) is 11.0 Å². The molecule has 0 fully saturated rings. The van der Waals surface area contributed by atoms with Gasteiger partial charge >= 0.3 is 6.18 Å². The number of carbonyl (C=O) groups excluding carboxylic acids is 1. The lowest BCUT2D eigenvalue weighted by Crippen LogP contribution is -2.41. The fraction of sp³-hybridized carbons (Fsp3) is 0.400. The lowest BCUT2D eigenvalue weighted by atomic mass is 10.0. The molecule has 1 heterocycles. The maximum Gasteiger partial charge on any atom is 0.416 e. The second-order valence-electron chi connectivity index (χ2n) is 5.52. The fourth-order valence-corrected chi connectivity index (χ4v) is 2.01. The number of alkyl halides is 3. The molecule has 0 bridgehead atoms. The second kappa shape index (κ2) is 6.80. The van der Waals surface area contributed by atoms with Gasteiger partial charge in [0.1, 0.15) is 12.7 Å². The van der Waals surface area contributed by atoms with Crippen molar-refractivity contribution in [3.63, 3.8) is 0 Å². The fourth-order valence-electron chi connectivity index (χ4n) is 2.01. The van der Waals surface area contributed by atoms with Crippen LogP contribution in [0.15, 0.2) is 36.9 Å². The summed E-state index contributed by atoms with van der Waals surface area (Å²) in [5.41, 5.74) is -0.598. The third-order valence-electron chi connectivity index (χ3n) is 3.45. The van der Waals surface area contributed by atoms with Gasteiger partial charge in [0.2, 0.25) is 0 Å². The summed E-state index contributed by atoms with van der Waals surface area (Å²) in [7, 11) is 0. The number of halogens is 3. The largest absolute Gasteiger partial charge is 0.416 e. The highest BCUT2D eigenvalue weighted by atomic mass is 19.4. The molecule has 2 aromatic rings. The molecule has 5 nitrogen and oxygen atoms in total. The minimum Gasteiger partial charge on any atom is -0.347 e. The zero-order chi connectivity index (χ0) is 17.0. The molecule has 0 unspecified atom stereocenters. The number of rotatable bonds is 5. The number of carbonyl (C=O) groups is 1. The van der Waals surface area contributed by atoms with Crippen molar-refractivity contribution in [2.75, 3.05) is 0 Å². The summed E-state index contributed by atoms with van der Waals surface area (Å²) in [6.07, 6.45) is -1.47. The van der Waals surface area contributed by atoms with Gasteiger partial charge in [0, 0.05) is 5.56 Å². The number of aromatic nitrogens is 3. The van der Waals surface area contributed by atoms with E-state index in [0.717, 1.165) is 12.1 Å². The minimum atomic E-state index is -4.41. The second-order valence-corrected chi connectivity index (χ2v) is 5.52. The molecule has 8 heteroatoms. The Labute approximate surface area is 131 Å². The first-order valence-electron chi connectivity index (χ1n) is 7.08. The van der Waals surface area contributed by atoms with E-state index in [2.05, 4.69) is 15.4 Å². The minimum absolute atomic E-state index is 0.123. The number of hydrogen-bond donors (Lipinski definition) is 1. The van der Waals surface area contributed by atoms with Crippen molar-refractivity contribution in [2.45, 2.75) is 32.6 Å². The van der Waals surface area contributed by atoms with Gasteiger partial charge in [-0.3, -0.25) is 9.48 Å². The molecule has 23 heavy (non-hydrogen) atoms. The molecule has 1 aromatic carbocycles. The van der Waals surface area contributed by atoms with Crippen molar-refractivity contribution in [1.82, 2.24) is 20.1 Å². The van der Waals surface area contributed by atoms with Gasteiger partial charge in [0.05, 0.1) is 18.2 Å². The number of amides is 1. The molecule has 2 rings (SSSR count). The Morgan fingerprint density at radius 1 is 1.26 bits per heavy atom. The monoisotopic (exact) mass is 326 g/mol. The van der Waals surface area contributed by atoms with Crippen LogP contribution in [-0.2, 0) is 12.7 Å². The van der Waals surface area contributed by atoms with Crippen molar-refractivity contribution in [3.8, 4) is 0 Å². The van der Waals surface area contributed by atoms with Crippen LogP contribution in [0.1, 0.15) is 29.8 Å². The molecule has 0 aliphatic rings. The van der Waals surface area contributed by atoms with E-state index in [-0.39, 0.29) is 17.5 Å². The summed E-state index contributed by atoms with van der Waals surface area (Å²) in [5, 5.41) is 6.81. The van der Waals surface area contributed by atoms with Crippen LogP contribution in [0.25, 0.3) is 0 Å². The maximum atomic E-state index is 12.5. The Hall–Kier alpha value is -2.38. The van der Waals surface area contributed by atoms with Crippen LogP contribution in [-0.4, -0.2) is 26.7 Å².